The molecule has 1 atom stereocenters. The molecule has 0 aromatic heterocycles. The van der Waals surface area contributed by atoms with E-state index in [0.717, 1.165) is 0 Å². The summed E-state index contributed by atoms with van der Waals surface area (Å²) in [7, 11) is 0. The van der Waals surface area contributed by atoms with Crippen LogP contribution in [0.25, 0.3) is 0 Å². The Labute approximate surface area is 131 Å². The van der Waals surface area contributed by atoms with E-state index >= 15 is 0 Å². The van der Waals surface area contributed by atoms with E-state index < -0.39 is 6.10 Å². The zero-order chi connectivity index (χ0) is 16.0. The molecule has 2 amide bonds. The summed E-state index contributed by atoms with van der Waals surface area (Å²) in [5.74, 6) is 0.347. The minimum atomic E-state index is -0.480. The highest BCUT2D eigenvalue weighted by atomic mass is 16.6. The van der Waals surface area contributed by atoms with Crippen molar-refractivity contribution in [3.8, 4) is 17.2 Å². The van der Waals surface area contributed by atoms with Gasteiger partial charge in [0.05, 0.1) is 17.7 Å². The van der Waals surface area contributed by atoms with E-state index in [1.165, 1.54) is 17.0 Å². The van der Waals surface area contributed by atoms with E-state index in [1.54, 1.807) is 30.3 Å². The summed E-state index contributed by atoms with van der Waals surface area (Å²) in [5, 5.41) is 9.51. The van der Waals surface area contributed by atoms with Crippen molar-refractivity contribution in [2.45, 2.75) is 6.10 Å². The molecular weight excluding hydrogens is 298 g/mol. The number of aromatic hydroxyl groups is 1. The fourth-order valence-electron chi connectivity index (χ4n) is 2.80. The molecule has 2 aromatic rings. The highest BCUT2D eigenvalue weighted by molar-refractivity contribution is 6.21. The second-order valence-corrected chi connectivity index (χ2v) is 5.45. The second kappa shape index (κ2) is 5.01. The van der Waals surface area contributed by atoms with Gasteiger partial charge in [-0.15, -0.1) is 0 Å². The minimum absolute atomic E-state index is 0.0636. The van der Waals surface area contributed by atoms with Crippen molar-refractivity contribution in [3.63, 3.8) is 0 Å². The average molecular weight is 311 g/mol. The summed E-state index contributed by atoms with van der Waals surface area (Å²) in [6, 6.07) is 11.3. The number of carbonyl (C=O) groups excluding carboxylic acids is 2. The van der Waals surface area contributed by atoms with Crippen LogP contribution in [0, 0.1) is 0 Å². The summed E-state index contributed by atoms with van der Waals surface area (Å²) in [5.41, 5.74) is 0.819. The molecule has 0 bridgehead atoms. The second-order valence-electron chi connectivity index (χ2n) is 5.45. The molecule has 0 fully saturated rings. The summed E-state index contributed by atoms with van der Waals surface area (Å²) in [4.78, 5) is 25.9. The van der Waals surface area contributed by atoms with Crippen LogP contribution in [0.1, 0.15) is 20.7 Å². The summed E-state index contributed by atoms with van der Waals surface area (Å²) < 4.78 is 11.3. The third-order valence-electron chi connectivity index (χ3n) is 3.91. The van der Waals surface area contributed by atoms with Gasteiger partial charge in [0.15, 0.2) is 17.6 Å². The lowest BCUT2D eigenvalue weighted by Crippen LogP contribution is -2.43. The average Bonchev–Trinajstić information content (AvgIpc) is 2.80. The van der Waals surface area contributed by atoms with E-state index in [9.17, 15) is 14.7 Å². The van der Waals surface area contributed by atoms with Crippen LogP contribution in [0.2, 0.25) is 0 Å². The quantitative estimate of drug-likeness (QED) is 0.856. The highest BCUT2D eigenvalue weighted by Gasteiger charge is 2.37. The molecule has 116 valence electrons. The Morgan fingerprint density at radius 1 is 1.04 bits per heavy atom. The number of nitrogens with zero attached hydrogens (tertiary/aromatic N) is 1. The van der Waals surface area contributed by atoms with Gasteiger partial charge in [0, 0.05) is 6.07 Å². The third-order valence-corrected chi connectivity index (χ3v) is 3.91. The normalized spacial score (nSPS) is 19.0. The number of hydrogen-bond donors (Lipinski definition) is 1. The molecule has 1 N–H and O–H groups in total. The Bertz CT molecular complexity index is 781. The molecule has 0 saturated carbocycles. The van der Waals surface area contributed by atoms with Gasteiger partial charge < -0.3 is 14.6 Å². The number of benzene rings is 2. The minimum Gasteiger partial charge on any atom is -0.508 e. The first-order chi connectivity index (χ1) is 11.1. The van der Waals surface area contributed by atoms with Crippen LogP contribution >= 0.6 is 0 Å². The van der Waals surface area contributed by atoms with E-state index in [1.807, 2.05) is 0 Å². The molecule has 2 aliphatic rings. The predicted molar refractivity (Wildman–Crippen MR) is 79.8 cm³/mol. The Hall–Kier alpha value is -3.02. The summed E-state index contributed by atoms with van der Waals surface area (Å²) in [6.45, 7) is 0.326. The lowest BCUT2D eigenvalue weighted by atomic mass is 10.1. The molecule has 4 rings (SSSR count). The Morgan fingerprint density at radius 3 is 2.43 bits per heavy atom. The van der Waals surface area contributed by atoms with E-state index in [0.29, 0.717) is 22.6 Å². The fourth-order valence-corrected chi connectivity index (χ4v) is 2.80. The number of imide groups is 1. The third kappa shape index (κ3) is 2.19. The zero-order valence-electron chi connectivity index (χ0n) is 12.1. The first kappa shape index (κ1) is 13.6. The van der Waals surface area contributed by atoms with Crippen LogP contribution < -0.4 is 9.47 Å². The van der Waals surface area contributed by atoms with E-state index in [4.69, 9.17) is 9.47 Å². The van der Waals surface area contributed by atoms with Gasteiger partial charge in [-0.2, -0.15) is 0 Å². The van der Waals surface area contributed by atoms with E-state index in [-0.39, 0.29) is 30.7 Å². The monoisotopic (exact) mass is 311 g/mol. The summed E-state index contributed by atoms with van der Waals surface area (Å²) >= 11 is 0. The Kier molecular flexibility index (Phi) is 2.97. The lowest BCUT2D eigenvalue weighted by molar-refractivity contribution is 0.0429. The van der Waals surface area contributed by atoms with Gasteiger partial charge in [0.25, 0.3) is 11.8 Å². The maximum Gasteiger partial charge on any atom is 0.261 e. The number of carbonyl (C=O) groups is 2. The molecule has 0 unspecified atom stereocenters. The standard InChI is InChI=1S/C17H13NO5/c19-10-5-6-14-15(7-10)23-11(9-22-14)8-18-16(20)12-3-1-2-4-13(12)17(18)21/h1-7,11,19H,8-9H2/t11-/m1/s1. The van der Waals surface area contributed by atoms with Gasteiger partial charge in [-0.25, -0.2) is 0 Å². The van der Waals surface area contributed by atoms with Crippen molar-refractivity contribution in [1.82, 2.24) is 4.90 Å². The van der Waals surface area contributed by atoms with Crippen LogP contribution in [-0.2, 0) is 0 Å². The Morgan fingerprint density at radius 2 is 1.74 bits per heavy atom. The molecule has 6 heteroatoms. The van der Waals surface area contributed by atoms with Gasteiger partial charge in [-0.3, -0.25) is 14.5 Å². The lowest BCUT2D eigenvalue weighted by Gasteiger charge is -2.28. The Balaban J connectivity index is 1.54. The van der Waals surface area contributed by atoms with Crippen molar-refractivity contribution >= 4 is 11.8 Å². The molecule has 0 saturated heterocycles. The number of phenolic OH excluding ortho intramolecular Hbond substituents is 1. The number of ether oxygens (including phenoxy) is 2. The van der Waals surface area contributed by atoms with Crippen LogP contribution in [0.5, 0.6) is 17.2 Å². The molecule has 0 spiro atoms. The van der Waals surface area contributed by atoms with Crippen LogP contribution in [-0.4, -0.2) is 41.1 Å². The number of rotatable bonds is 2. The maximum atomic E-state index is 12.3. The molecule has 6 nitrogen and oxygen atoms in total. The number of phenols is 1. The van der Waals surface area contributed by atoms with Crippen LogP contribution in [0.3, 0.4) is 0 Å². The molecule has 0 radical (unpaired) electrons. The topological polar surface area (TPSA) is 76.1 Å². The predicted octanol–water partition coefficient (Wildman–Crippen LogP) is 1.83. The summed E-state index contributed by atoms with van der Waals surface area (Å²) in [6.07, 6.45) is -0.480. The van der Waals surface area contributed by atoms with Gasteiger partial charge in [-0.1, -0.05) is 12.1 Å². The van der Waals surface area contributed by atoms with Crippen LogP contribution in [0.4, 0.5) is 0 Å². The smallest absolute Gasteiger partial charge is 0.261 e. The molecule has 0 aliphatic carbocycles. The first-order valence-electron chi connectivity index (χ1n) is 7.21. The van der Waals surface area contributed by atoms with Crippen molar-refractivity contribution in [2.75, 3.05) is 13.2 Å². The van der Waals surface area contributed by atoms with Gasteiger partial charge >= 0.3 is 0 Å². The molecule has 2 aliphatic heterocycles. The van der Waals surface area contributed by atoms with Crippen molar-refractivity contribution in [3.05, 3.63) is 53.6 Å². The molecule has 23 heavy (non-hydrogen) atoms. The van der Waals surface area contributed by atoms with E-state index in [2.05, 4.69) is 0 Å². The molecular formula is C17H13NO5. The molecule has 2 aromatic carbocycles. The number of amides is 2. The van der Waals surface area contributed by atoms with Crippen molar-refractivity contribution in [2.24, 2.45) is 0 Å². The van der Waals surface area contributed by atoms with Gasteiger partial charge in [-0.05, 0) is 24.3 Å². The fraction of sp³-hybridized carbons (Fsp3) is 0.176. The SMILES string of the molecule is O=C1c2ccccc2C(=O)N1C[C@@H]1COc2ccc(O)cc2O1. The van der Waals surface area contributed by atoms with Gasteiger partial charge in [0.1, 0.15) is 12.4 Å². The largest absolute Gasteiger partial charge is 0.508 e. The van der Waals surface area contributed by atoms with Gasteiger partial charge in [0.2, 0.25) is 0 Å². The molecule has 2 heterocycles. The highest BCUT2D eigenvalue weighted by Crippen LogP contribution is 2.35. The maximum absolute atomic E-state index is 12.3. The van der Waals surface area contributed by atoms with Crippen molar-refractivity contribution in [1.29, 1.82) is 0 Å². The van der Waals surface area contributed by atoms with Crippen molar-refractivity contribution < 1.29 is 24.2 Å². The number of fused-ring (bicyclic) bond motifs is 2. The zero-order valence-corrected chi connectivity index (χ0v) is 12.1. The first-order valence-corrected chi connectivity index (χ1v) is 7.21. The number of hydrogen-bond acceptors (Lipinski definition) is 5. The van der Waals surface area contributed by atoms with Crippen LogP contribution in [0.15, 0.2) is 42.5 Å².